The maximum atomic E-state index is 2.68. The Morgan fingerprint density at radius 3 is 0.877 bits per heavy atom. The quantitative estimate of drug-likeness (QED) is 0.0891. The molecule has 494 valence electrons. The van der Waals surface area contributed by atoms with Gasteiger partial charge in [0.2, 0.25) is 0 Å². The van der Waals surface area contributed by atoms with Crippen LogP contribution in [0.15, 0.2) is 400 Å². The molecule has 0 saturated carbocycles. The standard InChI is InChI=1S/C98H66B2N6/c1-9-35-67(36-10-1)95-77-51-25-27-53-79(77)96(80-54-28-26-52-78(80)95)81-55-29-32-58-86(81)106-90-66-89-84(65-85(90)100-83-57-31-34-60-88(83)104(73-47-21-7-22-48-73)92-62-76(64-94(106)98(92)100)102(70-41-15-4-16-42-70)71-43-17-5-18-44-71)99-82-56-30-33-59-87(82)103(72-45-19-6-20-46-72)91-61-75(63-93(97(91)99)105(89)74-49-23-8-24-50-74)101(68-37-11-2-12-38-68)69-39-13-3-14-40-69/h1-66H. The summed E-state index contributed by atoms with van der Waals surface area (Å²) in [4.78, 5) is 15.2. The van der Waals surface area contributed by atoms with E-state index in [1.807, 2.05) is 0 Å². The molecule has 0 spiro atoms. The number of hydrogen-bond donors (Lipinski definition) is 0. The third-order valence-electron chi connectivity index (χ3n) is 22.1. The highest BCUT2D eigenvalue weighted by Crippen LogP contribution is 2.55. The molecule has 0 aromatic heterocycles. The first-order chi connectivity index (χ1) is 52.7. The highest BCUT2D eigenvalue weighted by atomic mass is 15.2. The van der Waals surface area contributed by atoms with Gasteiger partial charge in [-0.15, -0.1) is 0 Å². The number of rotatable bonds is 12. The highest BCUT2D eigenvalue weighted by Gasteiger charge is 2.49. The number of hydrogen-bond acceptors (Lipinski definition) is 6. The van der Waals surface area contributed by atoms with E-state index in [2.05, 4.69) is 430 Å². The van der Waals surface area contributed by atoms with Gasteiger partial charge in [-0.2, -0.15) is 0 Å². The van der Waals surface area contributed by atoms with E-state index in [9.17, 15) is 0 Å². The molecule has 21 rings (SSSR count). The van der Waals surface area contributed by atoms with Crippen molar-refractivity contribution in [2.75, 3.05) is 29.4 Å². The van der Waals surface area contributed by atoms with E-state index < -0.39 is 0 Å². The van der Waals surface area contributed by atoms with Crippen molar-refractivity contribution in [2.24, 2.45) is 0 Å². The van der Waals surface area contributed by atoms with Crippen LogP contribution in [-0.4, -0.2) is 13.4 Å². The van der Waals surface area contributed by atoms with Crippen LogP contribution in [0.2, 0.25) is 0 Å². The molecule has 0 amide bonds. The molecule has 4 aliphatic rings. The minimum absolute atomic E-state index is 0.216. The van der Waals surface area contributed by atoms with Crippen molar-refractivity contribution in [2.45, 2.75) is 0 Å². The van der Waals surface area contributed by atoms with Crippen LogP contribution in [0.5, 0.6) is 0 Å². The zero-order chi connectivity index (χ0) is 69.8. The topological polar surface area (TPSA) is 19.4 Å². The number of anilines is 18. The molecule has 0 atom stereocenters. The summed E-state index contributed by atoms with van der Waals surface area (Å²) in [6, 6.07) is 149. The highest BCUT2D eigenvalue weighted by molar-refractivity contribution is 7.03. The number of benzene rings is 17. The maximum absolute atomic E-state index is 2.68. The monoisotopic (exact) mass is 1350 g/mol. The van der Waals surface area contributed by atoms with E-state index in [-0.39, 0.29) is 13.4 Å². The Labute approximate surface area is 618 Å². The fourth-order valence-corrected chi connectivity index (χ4v) is 17.9. The second kappa shape index (κ2) is 25.0. The average Bonchev–Trinajstić information content (AvgIpc) is 0.693. The zero-order valence-electron chi connectivity index (χ0n) is 57.9. The molecule has 17 aromatic rings. The van der Waals surface area contributed by atoms with Crippen molar-refractivity contribution in [3.8, 4) is 22.3 Å². The Hall–Kier alpha value is -13.8. The molecule has 4 aliphatic heterocycles. The third kappa shape index (κ3) is 9.61. The third-order valence-corrected chi connectivity index (χ3v) is 22.1. The maximum Gasteiger partial charge on any atom is 0.252 e. The van der Waals surface area contributed by atoms with Gasteiger partial charge in [-0.25, -0.2) is 0 Å². The normalized spacial score (nSPS) is 12.8. The van der Waals surface area contributed by atoms with Gasteiger partial charge in [-0.3, -0.25) is 0 Å². The molecule has 0 unspecified atom stereocenters. The first-order valence-electron chi connectivity index (χ1n) is 36.6. The molecule has 17 aromatic carbocycles. The van der Waals surface area contributed by atoms with Gasteiger partial charge in [0.05, 0.1) is 17.1 Å². The Morgan fingerprint density at radius 2 is 0.481 bits per heavy atom. The van der Waals surface area contributed by atoms with Gasteiger partial charge in [0.15, 0.2) is 0 Å². The van der Waals surface area contributed by atoms with E-state index in [1.165, 1.54) is 71.0 Å². The molecule has 106 heavy (non-hydrogen) atoms. The van der Waals surface area contributed by atoms with Gasteiger partial charge in [-0.05, 0) is 204 Å². The van der Waals surface area contributed by atoms with Crippen molar-refractivity contribution in [1.82, 2.24) is 0 Å². The summed E-state index contributed by atoms with van der Waals surface area (Å²) in [5, 5.41) is 4.78. The second-order valence-corrected chi connectivity index (χ2v) is 27.8. The van der Waals surface area contributed by atoms with Crippen LogP contribution in [0.25, 0.3) is 43.8 Å². The molecular formula is C98H66B2N6. The summed E-state index contributed by atoms with van der Waals surface area (Å²) < 4.78 is 0. The zero-order valence-corrected chi connectivity index (χ0v) is 57.9. The van der Waals surface area contributed by atoms with Gasteiger partial charge in [0, 0.05) is 90.9 Å². The van der Waals surface area contributed by atoms with Crippen LogP contribution in [0, 0.1) is 0 Å². The minimum Gasteiger partial charge on any atom is -0.311 e. The molecule has 0 N–H and O–H groups in total. The molecule has 6 nitrogen and oxygen atoms in total. The Balaban J connectivity index is 0.918. The van der Waals surface area contributed by atoms with E-state index in [4.69, 9.17) is 0 Å². The van der Waals surface area contributed by atoms with Crippen LogP contribution < -0.4 is 62.2 Å². The van der Waals surface area contributed by atoms with Gasteiger partial charge < -0.3 is 29.4 Å². The predicted octanol–water partition coefficient (Wildman–Crippen LogP) is 22.4. The molecular weight excluding hydrogens is 1280 g/mol. The van der Waals surface area contributed by atoms with E-state index in [0.29, 0.717) is 0 Å². The Bertz CT molecular complexity index is 6120. The van der Waals surface area contributed by atoms with E-state index in [0.717, 1.165) is 108 Å². The van der Waals surface area contributed by atoms with Crippen LogP contribution in [-0.2, 0) is 0 Å². The molecule has 0 bridgehead atoms. The fourth-order valence-electron chi connectivity index (χ4n) is 17.9. The summed E-state index contributed by atoms with van der Waals surface area (Å²) in [5.41, 5.74) is 31.7. The van der Waals surface area contributed by atoms with Crippen molar-refractivity contribution >= 4 is 170 Å². The van der Waals surface area contributed by atoms with Gasteiger partial charge in [0.25, 0.3) is 13.4 Å². The van der Waals surface area contributed by atoms with Gasteiger partial charge >= 0.3 is 0 Å². The van der Waals surface area contributed by atoms with Crippen LogP contribution in [0.4, 0.5) is 102 Å². The summed E-state index contributed by atoms with van der Waals surface area (Å²) in [5.74, 6) is 0. The Morgan fingerprint density at radius 1 is 0.189 bits per heavy atom. The molecule has 4 heterocycles. The number of fused-ring (bicyclic) bond motifs is 10. The summed E-state index contributed by atoms with van der Waals surface area (Å²) >= 11 is 0. The number of para-hydroxylation sites is 10. The summed E-state index contributed by atoms with van der Waals surface area (Å²) in [6.45, 7) is -0.460. The lowest BCUT2D eigenvalue weighted by Gasteiger charge is -2.48. The lowest BCUT2D eigenvalue weighted by Crippen LogP contribution is -2.65. The molecule has 0 aliphatic carbocycles. The average molecular weight is 1350 g/mol. The van der Waals surface area contributed by atoms with Crippen molar-refractivity contribution in [3.05, 3.63) is 400 Å². The summed E-state index contributed by atoms with van der Waals surface area (Å²) in [7, 11) is 0. The fraction of sp³-hybridized carbons (Fsp3) is 0. The molecule has 8 heteroatoms. The van der Waals surface area contributed by atoms with Gasteiger partial charge in [0.1, 0.15) is 0 Å². The van der Waals surface area contributed by atoms with Crippen molar-refractivity contribution in [3.63, 3.8) is 0 Å². The first kappa shape index (κ1) is 60.9. The summed E-state index contributed by atoms with van der Waals surface area (Å²) in [6.07, 6.45) is 0. The molecule has 0 fully saturated rings. The van der Waals surface area contributed by atoms with Crippen LogP contribution in [0.1, 0.15) is 0 Å². The molecule has 0 saturated heterocycles. The van der Waals surface area contributed by atoms with Crippen molar-refractivity contribution in [1.29, 1.82) is 0 Å². The first-order valence-corrected chi connectivity index (χ1v) is 36.6. The second-order valence-electron chi connectivity index (χ2n) is 27.8. The van der Waals surface area contributed by atoms with Crippen LogP contribution >= 0.6 is 0 Å². The van der Waals surface area contributed by atoms with E-state index in [1.54, 1.807) is 0 Å². The predicted molar refractivity (Wildman–Crippen MR) is 450 cm³/mol. The Kier molecular flexibility index (Phi) is 14.4. The lowest BCUT2D eigenvalue weighted by atomic mass is 9.30. The van der Waals surface area contributed by atoms with Gasteiger partial charge in [-0.1, -0.05) is 267 Å². The smallest absolute Gasteiger partial charge is 0.252 e. The minimum atomic E-state index is -0.244. The van der Waals surface area contributed by atoms with Crippen LogP contribution in [0.3, 0.4) is 0 Å². The largest absolute Gasteiger partial charge is 0.311 e. The lowest BCUT2D eigenvalue weighted by molar-refractivity contribution is 1.21. The number of nitrogens with zero attached hydrogens (tertiary/aromatic N) is 6. The van der Waals surface area contributed by atoms with Crippen molar-refractivity contribution < 1.29 is 0 Å². The SMILES string of the molecule is c1ccc(-c2c3ccccc3c(-c3ccccc3N3c4cc5c(cc4B4c6ccccc6N(c6ccccc6)c6cc(N(c7ccccc7)c7ccccc7)cc3c64)B3c4ccccc4N(c4ccccc4)c4cc(N(c6ccccc6)c6ccccc6)cc(c43)N5c3ccccc3)c3ccccc23)cc1. The van der Waals surface area contributed by atoms with E-state index >= 15 is 0 Å². The molecule has 0 radical (unpaired) electrons.